The Hall–Kier alpha value is -0.870. The van der Waals surface area contributed by atoms with Gasteiger partial charge in [0.2, 0.25) is 0 Å². The Morgan fingerprint density at radius 1 is 1.71 bits per heavy atom. The van der Waals surface area contributed by atoms with Crippen molar-refractivity contribution in [1.82, 2.24) is 15.1 Å². The van der Waals surface area contributed by atoms with Gasteiger partial charge in [-0.15, -0.1) is 0 Å². The molecule has 2 rings (SSSR count). The van der Waals surface area contributed by atoms with Gasteiger partial charge in [-0.3, -0.25) is 4.68 Å². The molecule has 2 heterocycles. The predicted octanol–water partition coefficient (Wildman–Crippen LogP) is 0.0771. The number of hydrogen-bond donors (Lipinski definition) is 2. The van der Waals surface area contributed by atoms with Crippen molar-refractivity contribution in [2.24, 2.45) is 7.05 Å². The first-order valence-corrected chi connectivity index (χ1v) is 5.07. The van der Waals surface area contributed by atoms with Gasteiger partial charge < -0.3 is 10.4 Å². The smallest absolute Gasteiger partial charge is 0.0616 e. The number of aliphatic hydroxyl groups excluding tert-OH is 1. The average Bonchev–Trinajstić information content (AvgIpc) is 2.77. The second-order valence-electron chi connectivity index (χ2n) is 4.17. The van der Waals surface area contributed by atoms with Crippen LogP contribution in [0.25, 0.3) is 0 Å². The average molecular weight is 195 g/mol. The summed E-state index contributed by atoms with van der Waals surface area (Å²) in [5.41, 5.74) is 1.10. The molecule has 0 radical (unpaired) electrons. The van der Waals surface area contributed by atoms with E-state index in [1.165, 1.54) is 5.56 Å². The highest BCUT2D eigenvalue weighted by molar-refractivity contribution is 5.11. The molecule has 1 atom stereocenters. The van der Waals surface area contributed by atoms with E-state index in [1.807, 2.05) is 19.4 Å². The Morgan fingerprint density at radius 2 is 2.57 bits per heavy atom. The molecule has 1 aliphatic rings. The topological polar surface area (TPSA) is 50.1 Å². The molecule has 4 nitrogen and oxygen atoms in total. The molecule has 1 aromatic rings. The lowest BCUT2D eigenvalue weighted by Gasteiger charge is -2.26. The first-order valence-electron chi connectivity index (χ1n) is 5.07. The number of hydrogen-bond acceptors (Lipinski definition) is 3. The number of nitrogens with one attached hydrogen (secondary N) is 1. The highest BCUT2D eigenvalue weighted by Gasteiger charge is 2.32. The van der Waals surface area contributed by atoms with Crippen molar-refractivity contribution in [3.05, 3.63) is 18.0 Å². The van der Waals surface area contributed by atoms with Crippen molar-refractivity contribution in [3.8, 4) is 0 Å². The fraction of sp³-hybridized carbons (Fsp3) is 0.700. The van der Waals surface area contributed by atoms with Crippen LogP contribution in [0.2, 0.25) is 0 Å². The molecule has 0 bridgehead atoms. The highest BCUT2D eigenvalue weighted by atomic mass is 16.3. The van der Waals surface area contributed by atoms with Gasteiger partial charge in [0.1, 0.15) is 0 Å². The minimum absolute atomic E-state index is 0.0942. The van der Waals surface area contributed by atoms with Gasteiger partial charge in [-0.1, -0.05) is 0 Å². The van der Waals surface area contributed by atoms with Gasteiger partial charge in [0, 0.05) is 18.8 Å². The summed E-state index contributed by atoms with van der Waals surface area (Å²) in [6, 6.07) is 0. The molecule has 0 aliphatic carbocycles. The van der Waals surface area contributed by atoms with Gasteiger partial charge >= 0.3 is 0 Å². The van der Waals surface area contributed by atoms with Crippen molar-refractivity contribution in [3.63, 3.8) is 0 Å². The van der Waals surface area contributed by atoms with E-state index in [-0.39, 0.29) is 12.1 Å². The first-order chi connectivity index (χ1) is 6.74. The lowest BCUT2D eigenvalue weighted by molar-refractivity contribution is 0.177. The summed E-state index contributed by atoms with van der Waals surface area (Å²) in [5.74, 6) is 0. The zero-order valence-electron chi connectivity index (χ0n) is 8.53. The highest BCUT2D eigenvalue weighted by Crippen LogP contribution is 2.23. The van der Waals surface area contributed by atoms with E-state index >= 15 is 0 Å². The zero-order chi connectivity index (χ0) is 10.0. The van der Waals surface area contributed by atoms with Gasteiger partial charge in [-0.25, -0.2) is 0 Å². The molecule has 1 unspecified atom stereocenters. The largest absolute Gasteiger partial charge is 0.394 e. The van der Waals surface area contributed by atoms with E-state index in [4.69, 9.17) is 0 Å². The van der Waals surface area contributed by atoms with Crippen LogP contribution in [0, 0.1) is 0 Å². The van der Waals surface area contributed by atoms with Crippen molar-refractivity contribution in [1.29, 1.82) is 0 Å². The third-order valence-corrected chi connectivity index (χ3v) is 2.94. The minimum atomic E-state index is -0.0942. The van der Waals surface area contributed by atoms with Gasteiger partial charge in [-0.05, 0) is 31.4 Å². The fourth-order valence-electron chi connectivity index (χ4n) is 2.16. The molecular weight excluding hydrogens is 178 g/mol. The van der Waals surface area contributed by atoms with E-state index in [2.05, 4.69) is 10.4 Å². The standard InChI is InChI=1S/C10H17N3O/c1-13-7-9(6-12-13)5-10(8-14)3-2-4-11-10/h6-7,11,14H,2-5,8H2,1H3. The van der Waals surface area contributed by atoms with Crippen LogP contribution in [0.15, 0.2) is 12.4 Å². The molecule has 4 heteroatoms. The molecule has 2 N–H and O–H groups in total. The maximum absolute atomic E-state index is 9.39. The van der Waals surface area contributed by atoms with Gasteiger partial charge in [-0.2, -0.15) is 5.10 Å². The van der Waals surface area contributed by atoms with E-state index < -0.39 is 0 Å². The van der Waals surface area contributed by atoms with Crippen LogP contribution in [0.5, 0.6) is 0 Å². The third-order valence-electron chi connectivity index (χ3n) is 2.94. The summed E-state index contributed by atoms with van der Waals surface area (Å²) in [7, 11) is 1.91. The van der Waals surface area contributed by atoms with Gasteiger partial charge in [0.15, 0.2) is 0 Å². The molecule has 0 spiro atoms. The van der Waals surface area contributed by atoms with Crippen molar-refractivity contribution in [2.45, 2.75) is 24.8 Å². The predicted molar refractivity (Wildman–Crippen MR) is 54.0 cm³/mol. The zero-order valence-corrected chi connectivity index (χ0v) is 8.53. The second-order valence-corrected chi connectivity index (χ2v) is 4.17. The fourth-order valence-corrected chi connectivity index (χ4v) is 2.16. The van der Waals surface area contributed by atoms with Gasteiger partial charge in [0.05, 0.1) is 12.8 Å². The number of aliphatic hydroxyl groups is 1. The lowest BCUT2D eigenvalue weighted by atomic mass is 9.91. The van der Waals surface area contributed by atoms with Crippen LogP contribution in [-0.2, 0) is 13.5 Å². The van der Waals surface area contributed by atoms with Crippen LogP contribution in [0.4, 0.5) is 0 Å². The Balaban J connectivity index is 2.08. The monoisotopic (exact) mass is 195 g/mol. The number of aromatic nitrogens is 2. The summed E-state index contributed by atoms with van der Waals surface area (Å²) in [6.45, 7) is 1.22. The maximum atomic E-state index is 9.39. The molecule has 1 aromatic heterocycles. The van der Waals surface area contributed by atoms with Crippen LogP contribution in [-0.4, -0.2) is 33.6 Å². The Labute approximate surface area is 83.9 Å². The van der Waals surface area contributed by atoms with E-state index in [1.54, 1.807) is 4.68 Å². The molecule has 14 heavy (non-hydrogen) atoms. The molecule has 1 aliphatic heterocycles. The van der Waals surface area contributed by atoms with E-state index in [0.717, 1.165) is 25.8 Å². The van der Waals surface area contributed by atoms with Crippen LogP contribution < -0.4 is 5.32 Å². The summed E-state index contributed by atoms with van der Waals surface area (Å²) in [6.07, 6.45) is 6.96. The Morgan fingerprint density at radius 3 is 3.07 bits per heavy atom. The van der Waals surface area contributed by atoms with E-state index in [0.29, 0.717) is 0 Å². The maximum Gasteiger partial charge on any atom is 0.0616 e. The molecule has 0 amide bonds. The first kappa shape index (κ1) is 9.68. The van der Waals surface area contributed by atoms with Gasteiger partial charge in [0.25, 0.3) is 0 Å². The molecule has 78 valence electrons. The number of rotatable bonds is 3. The molecule has 1 saturated heterocycles. The van der Waals surface area contributed by atoms with Crippen molar-refractivity contribution >= 4 is 0 Å². The molecule has 0 aromatic carbocycles. The van der Waals surface area contributed by atoms with Crippen molar-refractivity contribution < 1.29 is 5.11 Å². The lowest BCUT2D eigenvalue weighted by Crippen LogP contribution is -2.45. The molecule has 1 fully saturated rings. The SMILES string of the molecule is Cn1cc(CC2(CO)CCCN2)cn1. The van der Waals surface area contributed by atoms with Crippen LogP contribution >= 0.6 is 0 Å². The van der Waals surface area contributed by atoms with E-state index in [9.17, 15) is 5.11 Å². The third kappa shape index (κ3) is 1.81. The summed E-state index contributed by atoms with van der Waals surface area (Å²) in [4.78, 5) is 0. The summed E-state index contributed by atoms with van der Waals surface area (Å²) < 4.78 is 1.80. The summed E-state index contributed by atoms with van der Waals surface area (Å²) in [5, 5.41) is 16.9. The normalized spacial score (nSPS) is 27.0. The quantitative estimate of drug-likeness (QED) is 0.718. The number of aryl methyl sites for hydroxylation is 1. The summed E-state index contributed by atoms with van der Waals surface area (Å²) >= 11 is 0. The molecule has 0 saturated carbocycles. The minimum Gasteiger partial charge on any atom is -0.394 e. The van der Waals surface area contributed by atoms with Crippen LogP contribution in [0.1, 0.15) is 18.4 Å². The van der Waals surface area contributed by atoms with Crippen LogP contribution in [0.3, 0.4) is 0 Å². The number of nitrogens with zero attached hydrogens (tertiary/aromatic N) is 2. The second kappa shape index (κ2) is 3.71. The molecular formula is C10H17N3O. The Bertz CT molecular complexity index is 302. The Kier molecular flexibility index (Phi) is 2.56. The van der Waals surface area contributed by atoms with Crippen molar-refractivity contribution in [2.75, 3.05) is 13.2 Å².